The number of nitrogens with two attached hydrogens (primary N) is 1. The molecule has 1 atom stereocenters. The lowest BCUT2D eigenvalue weighted by Gasteiger charge is -2.41. The molecular weight excluding hydrogens is 493 g/mol. The van der Waals surface area contributed by atoms with Crippen LogP contribution in [0.15, 0.2) is 48.5 Å². The summed E-state index contributed by atoms with van der Waals surface area (Å²) in [6.45, 7) is 4.19. The molecule has 2 aromatic rings. The first kappa shape index (κ1) is 28.0. The summed E-state index contributed by atoms with van der Waals surface area (Å²) < 4.78 is 41.6. The fourth-order valence-electron chi connectivity index (χ4n) is 4.57. The lowest BCUT2D eigenvalue weighted by Crippen LogP contribution is -2.52. The molecule has 0 aromatic heterocycles. The van der Waals surface area contributed by atoms with E-state index in [1.807, 2.05) is 24.0 Å². The average Bonchev–Trinajstić information content (AvgIpc) is 2.85. The molecule has 1 heterocycles. The van der Waals surface area contributed by atoms with Crippen LogP contribution in [0, 0.1) is 0 Å². The maximum Gasteiger partial charge on any atom is 0.416 e. The molecule has 0 spiro atoms. The van der Waals surface area contributed by atoms with Crippen molar-refractivity contribution < 1.29 is 22.8 Å². The summed E-state index contributed by atoms with van der Waals surface area (Å²) in [4.78, 5) is 29.8. The number of aryl methyl sites for hydroxylation is 1. The van der Waals surface area contributed by atoms with Gasteiger partial charge in [-0.25, -0.2) is 0 Å². The molecule has 1 aliphatic rings. The number of primary amides is 1. The lowest BCUT2D eigenvalue weighted by molar-refractivity contribution is -0.139. The van der Waals surface area contributed by atoms with Crippen molar-refractivity contribution >= 4 is 23.4 Å². The van der Waals surface area contributed by atoms with Gasteiger partial charge >= 0.3 is 6.18 Å². The Kier molecular flexibility index (Phi) is 9.76. The summed E-state index contributed by atoms with van der Waals surface area (Å²) in [5, 5.41) is 0.639. The fourth-order valence-corrected chi connectivity index (χ4v) is 4.70. The number of piperazine rings is 1. The zero-order chi connectivity index (χ0) is 26.3. The van der Waals surface area contributed by atoms with E-state index in [9.17, 15) is 22.8 Å². The highest BCUT2D eigenvalue weighted by Crippen LogP contribution is 2.37. The number of benzene rings is 2. The smallest absolute Gasteiger partial charge is 0.369 e. The molecular formula is C26H32ClF3N4O2. The van der Waals surface area contributed by atoms with Gasteiger partial charge in [0, 0.05) is 50.2 Å². The fraction of sp³-hybridized carbons (Fsp3) is 0.462. The molecule has 36 heavy (non-hydrogen) atoms. The molecule has 0 saturated carbocycles. The van der Waals surface area contributed by atoms with Gasteiger partial charge in [0.2, 0.25) is 11.8 Å². The van der Waals surface area contributed by atoms with Gasteiger partial charge < -0.3 is 10.6 Å². The van der Waals surface area contributed by atoms with E-state index < -0.39 is 23.7 Å². The topological polar surface area (TPSA) is 69.9 Å². The van der Waals surface area contributed by atoms with Gasteiger partial charge in [-0.2, -0.15) is 13.2 Å². The Bertz CT molecular complexity index is 1020. The second kappa shape index (κ2) is 12.6. The van der Waals surface area contributed by atoms with Gasteiger partial charge in [-0.05, 0) is 42.3 Å². The second-order valence-corrected chi connectivity index (χ2v) is 9.37. The Balaban J connectivity index is 1.72. The molecule has 0 bridgehead atoms. The van der Waals surface area contributed by atoms with Gasteiger partial charge in [0.15, 0.2) is 0 Å². The van der Waals surface area contributed by atoms with Gasteiger partial charge in [-0.15, -0.1) is 0 Å². The Morgan fingerprint density at radius 1 is 1.06 bits per heavy atom. The van der Waals surface area contributed by atoms with E-state index in [4.69, 9.17) is 17.3 Å². The van der Waals surface area contributed by atoms with Crippen LogP contribution in [0.1, 0.15) is 36.1 Å². The van der Waals surface area contributed by atoms with E-state index in [1.165, 1.54) is 12.1 Å². The predicted octanol–water partition coefficient (Wildman–Crippen LogP) is 3.98. The maximum absolute atomic E-state index is 13.9. The van der Waals surface area contributed by atoms with Gasteiger partial charge in [0.1, 0.15) is 0 Å². The van der Waals surface area contributed by atoms with Crippen LogP contribution < -0.4 is 5.73 Å². The number of carbonyl (C=O) groups excluding carboxylic acids is 2. The van der Waals surface area contributed by atoms with Crippen LogP contribution in [0.5, 0.6) is 0 Å². The van der Waals surface area contributed by atoms with Gasteiger partial charge in [-0.3, -0.25) is 19.4 Å². The summed E-state index contributed by atoms with van der Waals surface area (Å²) >= 11 is 5.91. The summed E-state index contributed by atoms with van der Waals surface area (Å²) in [5.41, 5.74) is 5.86. The standard InChI is InChI=1S/C26H32ClF3N4O2/c1-2-32(18-24(31)35)17-23(21-5-3-4-6-22(21)26(28,29)30)33-13-15-34(16-14-33)25(36)12-9-19-7-10-20(27)11-8-19/h3-8,10-11,23H,2,9,12-18H2,1H3,(H2,31,35). The molecule has 2 N–H and O–H groups in total. The minimum atomic E-state index is -4.50. The predicted molar refractivity (Wildman–Crippen MR) is 133 cm³/mol. The van der Waals surface area contributed by atoms with Crippen LogP contribution in [0.25, 0.3) is 0 Å². The Labute approximate surface area is 214 Å². The van der Waals surface area contributed by atoms with Crippen LogP contribution in [0.2, 0.25) is 5.02 Å². The van der Waals surface area contributed by atoms with Crippen LogP contribution in [0.4, 0.5) is 13.2 Å². The van der Waals surface area contributed by atoms with Crippen molar-refractivity contribution in [3.63, 3.8) is 0 Å². The zero-order valence-electron chi connectivity index (χ0n) is 20.3. The number of hydrogen-bond acceptors (Lipinski definition) is 4. The molecule has 1 fully saturated rings. The number of amides is 2. The van der Waals surface area contributed by atoms with Crippen molar-refractivity contribution in [2.75, 3.05) is 45.8 Å². The number of nitrogens with zero attached hydrogens (tertiary/aromatic N) is 3. The minimum Gasteiger partial charge on any atom is -0.369 e. The van der Waals surface area contributed by atoms with E-state index in [2.05, 4.69) is 0 Å². The SMILES string of the molecule is CCN(CC(N)=O)CC(c1ccccc1C(F)(F)F)N1CCN(C(=O)CCc2ccc(Cl)cc2)CC1. The summed E-state index contributed by atoms with van der Waals surface area (Å²) in [6, 6.07) is 12.3. The Hall–Kier alpha value is -2.62. The van der Waals surface area contributed by atoms with Gasteiger partial charge in [0.25, 0.3) is 0 Å². The average molecular weight is 525 g/mol. The molecule has 2 aromatic carbocycles. The summed E-state index contributed by atoms with van der Waals surface area (Å²) in [6.07, 6.45) is -3.56. The third-order valence-corrected chi connectivity index (χ3v) is 6.78. The third kappa shape index (κ3) is 7.69. The van der Waals surface area contributed by atoms with E-state index >= 15 is 0 Å². The first-order valence-electron chi connectivity index (χ1n) is 12.0. The quantitative estimate of drug-likeness (QED) is 0.510. The van der Waals surface area contributed by atoms with Crippen LogP contribution >= 0.6 is 11.6 Å². The zero-order valence-corrected chi connectivity index (χ0v) is 21.1. The molecule has 6 nitrogen and oxygen atoms in total. The van der Waals surface area contributed by atoms with Crippen LogP contribution in [-0.4, -0.2) is 72.3 Å². The third-order valence-electron chi connectivity index (χ3n) is 6.53. The minimum absolute atomic E-state index is 0.0146. The van der Waals surface area contributed by atoms with E-state index in [0.717, 1.165) is 11.6 Å². The second-order valence-electron chi connectivity index (χ2n) is 8.94. The van der Waals surface area contributed by atoms with Crippen molar-refractivity contribution in [1.82, 2.24) is 14.7 Å². The van der Waals surface area contributed by atoms with Crippen LogP contribution in [0.3, 0.4) is 0 Å². The number of hydrogen-bond donors (Lipinski definition) is 1. The Morgan fingerprint density at radius 3 is 2.28 bits per heavy atom. The number of likely N-dealkylation sites (N-methyl/N-ethyl adjacent to an activating group) is 1. The Morgan fingerprint density at radius 2 is 1.69 bits per heavy atom. The van der Waals surface area contributed by atoms with E-state index in [1.54, 1.807) is 28.0 Å². The number of carbonyl (C=O) groups is 2. The summed E-state index contributed by atoms with van der Waals surface area (Å²) in [5.74, 6) is -0.517. The number of alkyl halides is 3. The molecule has 2 amide bonds. The molecule has 1 saturated heterocycles. The molecule has 1 aliphatic heterocycles. The molecule has 3 rings (SSSR count). The van der Waals surface area contributed by atoms with Crippen LogP contribution in [-0.2, 0) is 22.2 Å². The van der Waals surface area contributed by atoms with Crippen molar-refractivity contribution in [2.24, 2.45) is 5.73 Å². The lowest BCUT2D eigenvalue weighted by atomic mass is 9.97. The molecule has 0 aliphatic carbocycles. The van der Waals surface area contributed by atoms with Gasteiger partial charge in [-0.1, -0.05) is 48.9 Å². The number of halogens is 4. The number of rotatable bonds is 10. The van der Waals surface area contributed by atoms with Crippen molar-refractivity contribution in [2.45, 2.75) is 32.0 Å². The van der Waals surface area contributed by atoms with Crippen molar-refractivity contribution in [3.05, 3.63) is 70.2 Å². The van der Waals surface area contributed by atoms with E-state index in [0.29, 0.717) is 50.6 Å². The van der Waals surface area contributed by atoms with E-state index in [-0.39, 0.29) is 24.6 Å². The maximum atomic E-state index is 13.9. The first-order valence-corrected chi connectivity index (χ1v) is 12.4. The largest absolute Gasteiger partial charge is 0.416 e. The highest BCUT2D eigenvalue weighted by molar-refractivity contribution is 6.30. The van der Waals surface area contributed by atoms with Crippen molar-refractivity contribution in [1.29, 1.82) is 0 Å². The molecule has 0 radical (unpaired) electrons. The highest BCUT2D eigenvalue weighted by Gasteiger charge is 2.37. The monoisotopic (exact) mass is 524 g/mol. The molecule has 10 heteroatoms. The molecule has 1 unspecified atom stereocenters. The summed E-state index contributed by atoms with van der Waals surface area (Å²) in [7, 11) is 0. The van der Waals surface area contributed by atoms with Gasteiger partial charge in [0.05, 0.1) is 12.1 Å². The normalized spacial score (nSPS) is 15.8. The highest BCUT2D eigenvalue weighted by atomic mass is 35.5. The van der Waals surface area contributed by atoms with Crippen molar-refractivity contribution in [3.8, 4) is 0 Å². The molecule has 196 valence electrons. The first-order chi connectivity index (χ1) is 17.1.